The Morgan fingerprint density at radius 3 is 2.81 bits per heavy atom. The quantitative estimate of drug-likeness (QED) is 0.773. The second-order valence-electron chi connectivity index (χ2n) is 4.86. The van der Waals surface area contributed by atoms with Crippen LogP contribution in [0, 0.1) is 0 Å². The van der Waals surface area contributed by atoms with Gasteiger partial charge in [-0.2, -0.15) is 0 Å². The van der Waals surface area contributed by atoms with Crippen LogP contribution in [0.4, 0.5) is 5.69 Å². The van der Waals surface area contributed by atoms with Gasteiger partial charge in [0.05, 0.1) is 22.9 Å². The summed E-state index contributed by atoms with van der Waals surface area (Å²) in [7, 11) is 0. The molecule has 0 aliphatic rings. The van der Waals surface area contributed by atoms with Crippen LogP contribution in [0.3, 0.4) is 0 Å². The second-order valence-corrected chi connectivity index (χ2v) is 5.24. The van der Waals surface area contributed by atoms with Gasteiger partial charge in [-0.15, -0.1) is 0 Å². The van der Waals surface area contributed by atoms with Gasteiger partial charge in [0.2, 0.25) is 0 Å². The summed E-state index contributed by atoms with van der Waals surface area (Å²) in [5.41, 5.74) is 2.86. The lowest BCUT2D eigenvalue weighted by Crippen LogP contribution is -2.17. The maximum atomic E-state index is 11.6. The van der Waals surface area contributed by atoms with Gasteiger partial charge in [0.15, 0.2) is 0 Å². The van der Waals surface area contributed by atoms with E-state index in [1.54, 1.807) is 16.7 Å². The van der Waals surface area contributed by atoms with Crippen molar-refractivity contribution in [1.82, 2.24) is 9.55 Å². The topological polar surface area (TPSA) is 49.8 Å². The van der Waals surface area contributed by atoms with E-state index in [1.165, 1.54) is 0 Å². The van der Waals surface area contributed by atoms with Gasteiger partial charge in [-0.3, -0.25) is 4.79 Å². The number of H-pyrrole nitrogens is 1. The highest BCUT2D eigenvalue weighted by molar-refractivity contribution is 6.36. The lowest BCUT2D eigenvalue weighted by atomic mass is 10.2. The van der Waals surface area contributed by atoms with Gasteiger partial charge < -0.3 is 14.9 Å². The van der Waals surface area contributed by atoms with E-state index in [-0.39, 0.29) is 5.56 Å². The van der Waals surface area contributed by atoms with Crippen LogP contribution in [-0.2, 0) is 13.1 Å². The lowest BCUT2D eigenvalue weighted by molar-refractivity contribution is 0.727. The molecule has 0 atom stereocenters. The van der Waals surface area contributed by atoms with Crippen LogP contribution < -0.4 is 10.9 Å². The number of anilines is 1. The fourth-order valence-electron chi connectivity index (χ4n) is 2.36. The van der Waals surface area contributed by atoms with Crippen LogP contribution in [-0.4, -0.2) is 9.55 Å². The summed E-state index contributed by atoms with van der Waals surface area (Å²) >= 11 is 6.38. The molecule has 1 aromatic carbocycles. The van der Waals surface area contributed by atoms with E-state index in [0.29, 0.717) is 13.1 Å². The lowest BCUT2D eigenvalue weighted by Gasteiger charge is -2.08. The Hall–Kier alpha value is -2.20. The first-order valence-electron chi connectivity index (χ1n) is 6.88. The van der Waals surface area contributed by atoms with Crippen molar-refractivity contribution in [2.24, 2.45) is 0 Å². The molecule has 108 valence electrons. The Balaban J connectivity index is 1.83. The molecule has 0 spiro atoms. The molecule has 0 fully saturated rings. The van der Waals surface area contributed by atoms with Crippen molar-refractivity contribution in [3.63, 3.8) is 0 Å². The molecule has 0 saturated carbocycles. The van der Waals surface area contributed by atoms with Gasteiger partial charge in [-0.1, -0.05) is 29.8 Å². The molecule has 2 N–H and O–H groups in total. The molecule has 0 aliphatic carbocycles. The van der Waals surface area contributed by atoms with Gasteiger partial charge in [-0.05, 0) is 19.1 Å². The highest BCUT2D eigenvalue weighted by Crippen LogP contribution is 2.27. The minimum Gasteiger partial charge on any atom is -0.378 e. The first kappa shape index (κ1) is 13.8. The number of para-hydroxylation sites is 1. The third-order valence-electron chi connectivity index (χ3n) is 3.51. The summed E-state index contributed by atoms with van der Waals surface area (Å²) in [5, 5.41) is 5.05. The number of aromatic amines is 1. The van der Waals surface area contributed by atoms with Gasteiger partial charge >= 0.3 is 0 Å². The first-order chi connectivity index (χ1) is 10.2. The van der Waals surface area contributed by atoms with Crippen molar-refractivity contribution in [2.75, 3.05) is 5.32 Å². The molecule has 2 aromatic heterocycles. The number of nitrogens with zero attached hydrogens (tertiary/aromatic N) is 1. The van der Waals surface area contributed by atoms with Gasteiger partial charge in [-0.25, -0.2) is 0 Å². The average Bonchev–Trinajstić information content (AvgIpc) is 2.83. The van der Waals surface area contributed by atoms with Crippen molar-refractivity contribution in [2.45, 2.75) is 20.0 Å². The van der Waals surface area contributed by atoms with Gasteiger partial charge in [0.25, 0.3) is 5.56 Å². The van der Waals surface area contributed by atoms with E-state index in [4.69, 9.17) is 11.6 Å². The van der Waals surface area contributed by atoms with Gasteiger partial charge in [0.1, 0.15) is 0 Å². The number of aromatic nitrogens is 2. The van der Waals surface area contributed by atoms with E-state index >= 15 is 0 Å². The van der Waals surface area contributed by atoms with Crippen LogP contribution in [0.1, 0.15) is 12.6 Å². The standard InChI is InChI=1S/C16H16ClN3O/c1-2-20-10-11(7-8-15(20)21)18-9-14-16(17)12-5-3-4-6-13(12)19-14/h3-8,10,18-19H,2,9H2,1H3. The number of fused-ring (bicyclic) bond motifs is 1. The fourth-order valence-corrected chi connectivity index (χ4v) is 2.64. The summed E-state index contributed by atoms with van der Waals surface area (Å²) in [5.74, 6) is 0. The maximum Gasteiger partial charge on any atom is 0.250 e. The zero-order chi connectivity index (χ0) is 14.8. The van der Waals surface area contributed by atoms with Crippen LogP contribution in [0.2, 0.25) is 5.02 Å². The Morgan fingerprint density at radius 2 is 2.05 bits per heavy atom. The van der Waals surface area contributed by atoms with E-state index in [1.807, 2.05) is 37.4 Å². The van der Waals surface area contributed by atoms with E-state index in [9.17, 15) is 4.79 Å². The minimum atomic E-state index is 0.00620. The number of halogens is 1. The largest absolute Gasteiger partial charge is 0.378 e. The summed E-state index contributed by atoms with van der Waals surface area (Å²) in [6, 6.07) is 11.3. The SMILES string of the molecule is CCn1cc(NCc2[nH]c3ccccc3c2Cl)ccc1=O. The fraction of sp³-hybridized carbons (Fsp3) is 0.188. The van der Waals surface area contributed by atoms with Crippen LogP contribution >= 0.6 is 11.6 Å². The molecule has 0 unspecified atom stereocenters. The predicted molar refractivity (Wildman–Crippen MR) is 87.0 cm³/mol. The monoisotopic (exact) mass is 301 g/mol. The van der Waals surface area contributed by atoms with Crippen molar-refractivity contribution in [3.8, 4) is 0 Å². The third kappa shape index (κ3) is 2.67. The predicted octanol–water partition coefficient (Wildman–Crippen LogP) is 3.62. The average molecular weight is 302 g/mol. The molecular weight excluding hydrogens is 286 g/mol. The molecule has 0 saturated heterocycles. The number of hydrogen-bond acceptors (Lipinski definition) is 2. The summed E-state index contributed by atoms with van der Waals surface area (Å²) in [4.78, 5) is 14.9. The molecule has 3 aromatic rings. The molecule has 21 heavy (non-hydrogen) atoms. The summed E-state index contributed by atoms with van der Waals surface area (Å²) in [6.45, 7) is 3.18. The van der Waals surface area contributed by atoms with Crippen molar-refractivity contribution >= 4 is 28.2 Å². The Kier molecular flexibility index (Phi) is 3.71. The molecule has 4 nitrogen and oxygen atoms in total. The number of benzene rings is 1. The van der Waals surface area contributed by atoms with Crippen molar-refractivity contribution in [3.05, 3.63) is 63.7 Å². The molecular formula is C16H16ClN3O. The van der Waals surface area contributed by atoms with E-state index in [0.717, 1.165) is 27.3 Å². The number of hydrogen-bond donors (Lipinski definition) is 2. The van der Waals surface area contributed by atoms with Gasteiger partial charge in [0, 0.05) is 29.7 Å². The highest BCUT2D eigenvalue weighted by Gasteiger charge is 2.08. The smallest absolute Gasteiger partial charge is 0.250 e. The number of nitrogens with one attached hydrogen (secondary N) is 2. The number of pyridine rings is 1. The summed E-state index contributed by atoms with van der Waals surface area (Å²) < 4.78 is 1.66. The Morgan fingerprint density at radius 1 is 1.24 bits per heavy atom. The molecule has 2 heterocycles. The Labute approximate surface area is 127 Å². The second kappa shape index (κ2) is 5.66. The normalized spacial score (nSPS) is 11.0. The van der Waals surface area contributed by atoms with Crippen LogP contribution in [0.5, 0.6) is 0 Å². The molecule has 0 amide bonds. The van der Waals surface area contributed by atoms with Crippen LogP contribution in [0.25, 0.3) is 10.9 Å². The number of aryl methyl sites for hydroxylation is 1. The van der Waals surface area contributed by atoms with Crippen molar-refractivity contribution < 1.29 is 0 Å². The maximum absolute atomic E-state index is 11.6. The van der Waals surface area contributed by atoms with Crippen molar-refractivity contribution in [1.29, 1.82) is 0 Å². The first-order valence-corrected chi connectivity index (χ1v) is 7.26. The Bertz CT molecular complexity index is 835. The molecule has 3 rings (SSSR count). The number of rotatable bonds is 4. The molecule has 0 aliphatic heterocycles. The third-order valence-corrected chi connectivity index (χ3v) is 3.94. The molecule has 5 heteroatoms. The molecule has 0 bridgehead atoms. The zero-order valence-corrected chi connectivity index (χ0v) is 12.4. The van der Waals surface area contributed by atoms with E-state index < -0.39 is 0 Å². The van der Waals surface area contributed by atoms with Crippen LogP contribution in [0.15, 0.2) is 47.4 Å². The highest BCUT2D eigenvalue weighted by atomic mass is 35.5. The van der Waals surface area contributed by atoms with E-state index in [2.05, 4.69) is 10.3 Å². The zero-order valence-electron chi connectivity index (χ0n) is 11.7. The summed E-state index contributed by atoms with van der Waals surface area (Å²) in [6.07, 6.45) is 1.82. The molecule has 0 radical (unpaired) electrons. The minimum absolute atomic E-state index is 0.00620.